The average molecular weight is 308 g/mol. The number of anilines is 1. The van der Waals surface area contributed by atoms with Gasteiger partial charge in [0.2, 0.25) is 10.0 Å². The number of aryl methyl sites for hydroxylation is 2. The van der Waals surface area contributed by atoms with Crippen molar-refractivity contribution >= 4 is 15.7 Å². The first-order chi connectivity index (χ1) is 9.71. The van der Waals surface area contributed by atoms with Gasteiger partial charge in [0.1, 0.15) is 11.5 Å². The van der Waals surface area contributed by atoms with E-state index >= 15 is 0 Å². The molecule has 0 aliphatic rings. The van der Waals surface area contributed by atoms with Crippen LogP contribution in [0.15, 0.2) is 33.6 Å². The van der Waals surface area contributed by atoms with Crippen LogP contribution >= 0.6 is 0 Å². The minimum Gasteiger partial charge on any atom is -0.465 e. The van der Waals surface area contributed by atoms with Gasteiger partial charge < -0.3 is 10.2 Å². The van der Waals surface area contributed by atoms with E-state index < -0.39 is 10.0 Å². The number of hydrogen-bond donors (Lipinski definition) is 1. The van der Waals surface area contributed by atoms with Crippen molar-refractivity contribution in [2.24, 2.45) is 0 Å². The van der Waals surface area contributed by atoms with Gasteiger partial charge >= 0.3 is 0 Å². The zero-order valence-electron chi connectivity index (χ0n) is 12.7. The quantitative estimate of drug-likeness (QED) is 0.881. The zero-order valence-corrected chi connectivity index (χ0v) is 13.5. The molecule has 0 amide bonds. The average Bonchev–Trinajstić information content (AvgIpc) is 2.79. The van der Waals surface area contributed by atoms with Crippen molar-refractivity contribution in [2.75, 3.05) is 12.8 Å². The molecule has 1 heterocycles. The van der Waals surface area contributed by atoms with Crippen molar-refractivity contribution in [1.29, 1.82) is 0 Å². The molecule has 5 nitrogen and oxygen atoms in total. The standard InChI is InChI=1S/C15H20N2O3S/c1-10-7-14(16)12(3)15(8-10)21(18,19)17(4)9-13-6-5-11(2)20-13/h5-8H,9,16H2,1-4H3. The van der Waals surface area contributed by atoms with E-state index in [4.69, 9.17) is 10.2 Å². The third kappa shape index (κ3) is 3.11. The lowest BCUT2D eigenvalue weighted by atomic mass is 10.1. The molecule has 1 aromatic carbocycles. The summed E-state index contributed by atoms with van der Waals surface area (Å²) in [6.45, 7) is 5.55. The van der Waals surface area contributed by atoms with Crippen LogP contribution < -0.4 is 5.73 Å². The van der Waals surface area contributed by atoms with Crippen LogP contribution in [-0.4, -0.2) is 19.8 Å². The topological polar surface area (TPSA) is 76.5 Å². The van der Waals surface area contributed by atoms with Crippen LogP contribution in [0, 0.1) is 20.8 Å². The monoisotopic (exact) mass is 308 g/mol. The fourth-order valence-electron chi connectivity index (χ4n) is 2.16. The van der Waals surface area contributed by atoms with E-state index in [-0.39, 0.29) is 11.4 Å². The van der Waals surface area contributed by atoms with Crippen molar-refractivity contribution in [3.63, 3.8) is 0 Å². The Morgan fingerprint density at radius 1 is 1.19 bits per heavy atom. The molecule has 0 unspecified atom stereocenters. The van der Waals surface area contributed by atoms with Crippen LogP contribution in [0.2, 0.25) is 0 Å². The molecule has 0 aliphatic carbocycles. The summed E-state index contributed by atoms with van der Waals surface area (Å²) in [4.78, 5) is 0.241. The Labute approximate surface area is 125 Å². The summed E-state index contributed by atoms with van der Waals surface area (Å²) in [5, 5.41) is 0. The second kappa shape index (κ2) is 5.54. The molecule has 0 atom stereocenters. The van der Waals surface area contributed by atoms with Crippen LogP contribution in [0.4, 0.5) is 5.69 Å². The van der Waals surface area contributed by atoms with Crippen LogP contribution in [0.5, 0.6) is 0 Å². The zero-order chi connectivity index (χ0) is 15.8. The third-order valence-corrected chi connectivity index (χ3v) is 5.34. The summed E-state index contributed by atoms with van der Waals surface area (Å²) in [5.41, 5.74) is 7.75. The highest BCUT2D eigenvalue weighted by Crippen LogP contribution is 2.26. The molecule has 6 heteroatoms. The number of nitrogen functional groups attached to an aromatic ring is 1. The van der Waals surface area contributed by atoms with E-state index in [0.717, 1.165) is 11.3 Å². The minimum atomic E-state index is -3.61. The molecular formula is C15H20N2O3S. The smallest absolute Gasteiger partial charge is 0.243 e. The number of sulfonamides is 1. The van der Waals surface area contributed by atoms with E-state index in [1.165, 1.54) is 11.4 Å². The number of nitrogens with zero attached hydrogens (tertiary/aromatic N) is 1. The van der Waals surface area contributed by atoms with E-state index in [9.17, 15) is 8.42 Å². The van der Waals surface area contributed by atoms with Crippen LogP contribution in [0.3, 0.4) is 0 Å². The normalized spacial score (nSPS) is 12.0. The molecule has 0 fully saturated rings. The molecule has 0 aliphatic heterocycles. The van der Waals surface area contributed by atoms with Gasteiger partial charge in [0, 0.05) is 12.7 Å². The fraction of sp³-hybridized carbons (Fsp3) is 0.333. The maximum Gasteiger partial charge on any atom is 0.243 e. The Hall–Kier alpha value is -1.79. The van der Waals surface area contributed by atoms with E-state index in [1.807, 2.05) is 19.9 Å². The lowest BCUT2D eigenvalue weighted by Gasteiger charge is -2.18. The highest BCUT2D eigenvalue weighted by molar-refractivity contribution is 7.89. The van der Waals surface area contributed by atoms with Gasteiger partial charge in [0.15, 0.2) is 0 Å². The minimum absolute atomic E-state index is 0.184. The molecule has 114 valence electrons. The van der Waals surface area contributed by atoms with E-state index in [2.05, 4.69) is 0 Å². The molecule has 0 bridgehead atoms. The van der Waals surface area contributed by atoms with Crippen molar-refractivity contribution < 1.29 is 12.8 Å². The summed E-state index contributed by atoms with van der Waals surface area (Å²) < 4.78 is 32.1. The molecule has 0 saturated carbocycles. The summed E-state index contributed by atoms with van der Waals surface area (Å²) in [6.07, 6.45) is 0. The summed E-state index contributed by atoms with van der Waals surface area (Å²) >= 11 is 0. The number of hydrogen-bond acceptors (Lipinski definition) is 4. The van der Waals surface area contributed by atoms with E-state index in [0.29, 0.717) is 17.0 Å². The Balaban J connectivity index is 2.37. The van der Waals surface area contributed by atoms with Gasteiger partial charge in [-0.1, -0.05) is 0 Å². The molecule has 2 rings (SSSR count). The fourth-order valence-corrected chi connectivity index (χ4v) is 3.64. The molecule has 21 heavy (non-hydrogen) atoms. The summed E-state index contributed by atoms with van der Waals surface area (Å²) in [5.74, 6) is 1.36. The van der Waals surface area contributed by atoms with Gasteiger partial charge in [-0.2, -0.15) is 4.31 Å². The molecular weight excluding hydrogens is 288 g/mol. The first-order valence-corrected chi connectivity index (χ1v) is 8.04. The molecule has 0 saturated heterocycles. The summed E-state index contributed by atoms with van der Waals surface area (Å²) in [7, 11) is -2.08. The van der Waals surface area contributed by atoms with Crippen LogP contribution in [0.25, 0.3) is 0 Å². The number of rotatable bonds is 4. The van der Waals surface area contributed by atoms with Crippen molar-refractivity contribution in [2.45, 2.75) is 32.2 Å². The van der Waals surface area contributed by atoms with Gasteiger partial charge in [0.25, 0.3) is 0 Å². The Bertz CT molecular complexity index is 763. The number of furan rings is 1. The highest BCUT2D eigenvalue weighted by atomic mass is 32.2. The lowest BCUT2D eigenvalue weighted by molar-refractivity contribution is 0.397. The number of benzene rings is 1. The second-order valence-corrected chi connectivity index (χ2v) is 7.26. The predicted octanol–water partition coefficient (Wildman–Crippen LogP) is 2.61. The Morgan fingerprint density at radius 3 is 2.43 bits per heavy atom. The molecule has 0 radical (unpaired) electrons. The molecule has 1 aromatic heterocycles. The lowest BCUT2D eigenvalue weighted by Crippen LogP contribution is -2.27. The van der Waals surface area contributed by atoms with Gasteiger partial charge in [-0.3, -0.25) is 0 Å². The second-order valence-electron chi connectivity index (χ2n) is 5.25. The van der Waals surface area contributed by atoms with Crippen LogP contribution in [-0.2, 0) is 16.6 Å². The molecule has 2 aromatic rings. The molecule has 2 N–H and O–H groups in total. The SMILES string of the molecule is Cc1cc(N)c(C)c(S(=O)(=O)N(C)Cc2ccc(C)o2)c1. The third-order valence-electron chi connectivity index (χ3n) is 3.41. The largest absolute Gasteiger partial charge is 0.465 e. The van der Waals surface area contributed by atoms with Crippen molar-refractivity contribution in [3.8, 4) is 0 Å². The highest BCUT2D eigenvalue weighted by Gasteiger charge is 2.25. The summed E-state index contributed by atoms with van der Waals surface area (Å²) in [6, 6.07) is 7.00. The number of nitrogens with two attached hydrogens (primary N) is 1. The maximum absolute atomic E-state index is 12.7. The first-order valence-electron chi connectivity index (χ1n) is 6.60. The van der Waals surface area contributed by atoms with E-state index in [1.54, 1.807) is 25.1 Å². The van der Waals surface area contributed by atoms with Crippen molar-refractivity contribution in [1.82, 2.24) is 4.31 Å². The van der Waals surface area contributed by atoms with Gasteiger partial charge in [-0.15, -0.1) is 0 Å². The van der Waals surface area contributed by atoms with Gasteiger partial charge in [-0.25, -0.2) is 8.42 Å². The molecule has 0 spiro atoms. The van der Waals surface area contributed by atoms with Gasteiger partial charge in [-0.05, 0) is 56.2 Å². The van der Waals surface area contributed by atoms with Crippen LogP contribution in [0.1, 0.15) is 22.6 Å². The Morgan fingerprint density at radius 2 is 1.86 bits per heavy atom. The first kappa shape index (κ1) is 15.6. The Kier molecular flexibility index (Phi) is 4.11. The maximum atomic E-state index is 12.7. The van der Waals surface area contributed by atoms with Gasteiger partial charge in [0.05, 0.1) is 11.4 Å². The predicted molar refractivity (Wildman–Crippen MR) is 82.4 cm³/mol. The van der Waals surface area contributed by atoms with Crippen molar-refractivity contribution in [3.05, 3.63) is 46.9 Å².